The highest BCUT2D eigenvalue weighted by Gasteiger charge is 2.03. The first-order valence-corrected chi connectivity index (χ1v) is 8.53. The van der Waals surface area contributed by atoms with Gasteiger partial charge in [-0.05, 0) is 26.7 Å². The number of esters is 1. The summed E-state index contributed by atoms with van der Waals surface area (Å²) in [6.45, 7) is 8.21. The Morgan fingerprint density at radius 2 is 2.09 bits per heavy atom. The maximum Gasteiger partial charge on any atom is 0.333 e. The van der Waals surface area contributed by atoms with Gasteiger partial charge in [0, 0.05) is 23.6 Å². The standard InChI is InChI=1S/C16H24N2O3S/c1-4-20-14-9-10-17-16(18-14)22-12-8-6-5-7-11-21-15(19)13(2)3/h9-10H,2,4-8,11-12H2,1,3H3. The van der Waals surface area contributed by atoms with Crippen LogP contribution in [0.25, 0.3) is 0 Å². The Hall–Kier alpha value is -1.56. The van der Waals surface area contributed by atoms with E-state index in [0.29, 0.717) is 24.7 Å². The van der Waals surface area contributed by atoms with Gasteiger partial charge in [-0.15, -0.1) is 0 Å². The molecular weight excluding hydrogens is 300 g/mol. The molecule has 0 N–H and O–H groups in total. The first kappa shape index (κ1) is 18.5. The Balaban J connectivity index is 2.05. The van der Waals surface area contributed by atoms with Crippen molar-refractivity contribution in [2.75, 3.05) is 19.0 Å². The fraction of sp³-hybridized carbons (Fsp3) is 0.562. The van der Waals surface area contributed by atoms with Gasteiger partial charge < -0.3 is 9.47 Å². The van der Waals surface area contributed by atoms with Crippen molar-refractivity contribution in [3.05, 3.63) is 24.4 Å². The summed E-state index contributed by atoms with van der Waals surface area (Å²) in [4.78, 5) is 19.7. The van der Waals surface area contributed by atoms with Crippen LogP contribution in [0.15, 0.2) is 29.6 Å². The van der Waals surface area contributed by atoms with E-state index in [0.717, 1.165) is 36.6 Å². The summed E-state index contributed by atoms with van der Waals surface area (Å²) in [6, 6.07) is 1.76. The van der Waals surface area contributed by atoms with Gasteiger partial charge in [-0.1, -0.05) is 31.2 Å². The number of thioether (sulfide) groups is 1. The highest BCUT2D eigenvalue weighted by atomic mass is 32.2. The first-order valence-electron chi connectivity index (χ1n) is 7.54. The molecule has 122 valence electrons. The van der Waals surface area contributed by atoms with Gasteiger partial charge in [0.25, 0.3) is 0 Å². The van der Waals surface area contributed by atoms with E-state index in [1.165, 1.54) is 0 Å². The third kappa shape index (κ3) is 8.02. The molecule has 0 fully saturated rings. The molecule has 0 radical (unpaired) electrons. The van der Waals surface area contributed by atoms with Crippen molar-refractivity contribution in [3.63, 3.8) is 0 Å². The Kier molecular flexibility index (Phi) is 9.30. The van der Waals surface area contributed by atoms with Crippen molar-refractivity contribution in [1.29, 1.82) is 0 Å². The lowest BCUT2D eigenvalue weighted by Crippen LogP contribution is -2.06. The second kappa shape index (κ2) is 11.1. The first-order chi connectivity index (χ1) is 10.6. The number of hydrogen-bond donors (Lipinski definition) is 0. The average Bonchev–Trinajstić information content (AvgIpc) is 2.50. The predicted molar refractivity (Wildman–Crippen MR) is 88.2 cm³/mol. The molecule has 5 nitrogen and oxygen atoms in total. The monoisotopic (exact) mass is 324 g/mol. The molecule has 1 aromatic rings. The molecule has 0 aliphatic rings. The molecule has 0 saturated heterocycles. The topological polar surface area (TPSA) is 61.3 Å². The molecule has 0 bridgehead atoms. The van der Waals surface area contributed by atoms with Crippen LogP contribution in [0.1, 0.15) is 39.5 Å². The number of ether oxygens (including phenoxy) is 2. The summed E-state index contributed by atoms with van der Waals surface area (Å²) >= 11 is 1.63. The van der Waals surface area contributed by atoms with Crippen LogP contribution in [-0.2, 0) is 9.53 Å². The van der Waals surface area contributed by atoms with Crippen molar-refractivity contribution in [2.24, 2.45) is 0 Å². The van der Waals surface area contributed by atoms with Crippen LogP contribution < -0.4 is 4.74 Å². The zero-order valence-corrected chi connectivity index (χ0v) is 14.2. The Morgan fingerprint density at radius 3 is 2.82 bits per heavy atom. The summed E-state index contributed by atoms with van der Waals surface area (Å²) in [6.07, 6.45) is 5.84. The molecule has 1 heterocycles. The number of carbonyl (C=O) groups is 1. The van der Waals surface area contributed by atoms with Gasteiger partial charge in [0.05, 0.1) is 13.2 Å². The summed E-state index contributed by atoms with van der Waals surface area (Å²) in [7, 11) is 0. The molecule has 22 heavy (non-hydrogen) atoms. The Labute approximate surface area is 136 Å². The predicted octanol–water partition coefficient (Wildman–Crippen LogP) is 3.65. The van der Waals surface area contributed by atoms with Gasteiger partial charge in [-0.25, -0.2) is 9.78 Å². The molecule has 0 unspecified atom stereocenters. The molecule has 0 aromatic carbocycles. The molecule has 0 atom stereocenters. The molecular formula is C16H24N2O3S. The van der Waals surface area contributed by atoms with Crippen molar-refractivity contribution < 1.29 is 14.3 Å². The Bertz CT molecular complexity index is 480. The number of unbranched alkanes of at least 4 members (excludes halogenated alkanes) is 3. The van der Waals surface area contributed by atoms with E-state index in [1.807, 2.05) is 6.92 Å². The molecule has 0 amide bonds. The number of hydrogen-bond acceptors (Lipinski definition) is 6. The molecule has 1 aromatic heterocycles. The highest BCUT2D eigenvalue weighted by molar-refractivity contribution is 7.99. The van der Waals surface area contributed by atoms with Crippen molar-refractivity contribution in [2.45, 2.75) is 44.7 Å². The number of carbonyl (C=O) groups excluding carboxylic acids is 1. The van der Waals surface area contributed by atoms with Crippen LogP contribution in [-0.4, -0.2) is 34.9 Å². The van der Waals surface area contributed by atoms with Crippen molar-refractivity contribution in [1.82, 2.24) is 9.97 Å². The minimum absolute atomic E-state index is 0.304. The summed E-state index contributed by atoms with van der Waals surface area (Å²) in [5, 5.41) is 0.751. The molecule has 6 heteroatoms. The molecule has 0 saturated carbocycles. The number of aromatic nitrogens is 2. The van der Waals surface area contributed by atoms with E-state index in [1.54, 1.807) is 30.9 Å². The van der Waals surface area contributed by atoms with Crippen molar-refractivity contribution in [3.8, 4) is 5.88 Å². The van der Waals surface area contributed by atoms with Crippen LogP contribution >= 0.6 is 11.8 Å². The lowest BCUT2D eigenvalue weighted by atomic mass is 10.2. The van der Waals surface area contributed by atoms with Gasteiger partial charge in [0.2, 0.25) is 5.88 Å². The third-order valence-electron chi connectivity index (χ3n) is 2.75. The normalized spacial score (nSPS) is 10.3. The summed E-state index contributed by atoms with van der Waals surface area (Å²) < 4.78 is 10.4. The van der Waals surface area contributed by atoms with Gasteiger partial charge in [-0.3, -0.25) is 0 Å². The van der Waals surface area contributed by atoms with Crippen LogP contribution in [0.2, 0.25) is 0 Å². The fourth-order valence-electron chi connectivity index (χ4n) is 1.63. The zero-order valence-electron chi connectivity index (χ0n) is 13.3. The van der Waals surface area contributed by atoms with Gasteiger partial charge in [0.15, 0.2) is 5.16 Å². The maximum atomic E-state index is 11.2. The quantitative estimate of drug-likeness (QED) is 0.204. The van der Waals surface area contributed by atoms with E-state index >= 15 is 0 Å². The fourth-order valence-corrected chi connectivity index (χ4v) is 2.45. The molecule has 1 rings (SSSR count). The maximum absolute atomic E-state index is 11.2. The van der Waals surface area contributed by atoms with Crippen LogP contribution in [0.4, 0.5) is 0 Å². The van der Waals surface area contributed by atoms with E-state index in [9.17, 15) is 4.79 Å². The molecule has 0 spiro atoms. The summed E-state index contributed by atoms with van der Waals surface area (Å²) in [5.74, 6) is 1.29. The Morgan fingerprint density at radius 1 is 1.32 bits per heavy atom. The lowest BCUT2D eigenvalue weighted by Gasteiger charge is -2.05. The SMILES string of the molecule is C=C(C)C(=O)OCCCCCCSc1nccc(OCC)n1. The molecule has 0 aliphatic carbocycles. The lowest BCUT2D eigenvalue weighted by molar-refractivity contribution is -0.139. The van der Waals surface area contributed by atoms with Crippen LogP contribution in [0.5, 0.6) is 5.88 Å². The van der Waals surface area contributed by atoms with E-state index in [2.05, 4.69) is 16.5 Å². The number of nitrogens with zero attached hydrogens (tertiary/aromatic N) is 2. The second-order valence-electron chi connectivity index (χ2n) is 4.79. The summed E-state index contributed by atoms with van der Waals surface area (Å²) in [5.41, 5.74) is 0.450. The number of rotatable bonds is 11. The van der Waals surface area contributed by atoms with E-state index in [-0.39, 0.29) is 5.97 Å². The van der Waals surface area contributed by atoms with Crippen LogP contribution in [0.3, 0.4) is 0 Å². The third-order valence-corrected chi connectivity index (χ3v) is 3.70. The highest BCUT2D eigenvalue weighted by Crippen LogP contribution is 2.17. The zero-order chi connectivity index (χ0) is 16.2. The minimum Gasteiger partial charge on any atom is -0.478 e. The molecule has 0 aliphatic heterocycles. The van der Waals surface area contributed by atoms with E-state index < -0.39 is 0 Å². The van der Waals surface area contributed by atoms with E-state index in [4.69, 9.17) is 9.47 Å². The smallest absolute Gasteiger partial charge is 0.333 e. The second-order valence-corrected chi connectivity index (χ2v) is 5.85. The average molecular weight is 324 g/mol. The van der Waals surface area contributed by atoms with Gasteiger partial charge >= 0.3 is 5.97 Å². The minimum atomic E-state index is -0.304. The van der Waals surface area contributed by atoms with Gasteiger partial charge in [-0.2, -0.15) is 4.98 Å². The van der Waals surface area contributed by atoms with Crippen LogP contribution in [0, 0.1) is 0 Å². The van der Waals surface area contributed by atoms with Crippen molar-refractivity contribution >= 4 is 17.7 Å². The van der Waals surface area contributed by atoms with Gasteiger partial charge in [0.1, 0.15) is 0 Å². The largest absolute Gasteiger partial charge is 0.478 e.